The predicted octanol–water partition coefficient (Wildman–Crippen LogP) is 1.94. The van der Waals surface area contributed by atoms with E-state index in [1.54, 1.807) is 6.26 Å². The van der Waals surface area contributed by atoms with Crippen molar-refractivity contribution >= 4 is 46.6 Å². The molecule has 7 nitrogen and oxygen atoms in total. The molecule has 0 saturated heterocycles. The van der Waals surface area contributed by atoms with E-state index in [0.717, 1.165) is 11.3 Å². The number of aromatic nitrogens is 3. The number of carbonyl (C=O) groups is 2. The fourth-order valence-corrected chi connectivity index (χ4v) is 2.56. The highest BCUT2D eigenvalue weighted by Gasteiger charge is 2.15. The Balaban J connectivity index is 2.05. The molecule has 2 aromatic heterocycles. The molecule has 0 unspecified atom stereocenters. The van der Waals surface area contributed by atoms with Gasteiger partial charge in [-0.2, -0.15) is 0 Å². The third-order valence-electron chi connectivity index (χ3n) is 2.29. The lowest BCUT2D eigenvalue weighted by atomic mass is 10.4. The quantitative estimate of drug-likeness (QED) is 0.630. The second-order valence-corrected chi connectivity index (χ2v) is 5.79. The average Bonchev–Trinajstić information content (AvgIpc) is 2.94. The van der Waals surface area contributed by atoms with Gasteiger partial charge >= 0.3 is 5.97 Å². The van der Waals surface area contributed by atoms with Crippen LogP contribution in [0.2, 0.25) is 5.02 Å². The van der Waals surface area contributed by atoms with Gasteiger partial charge in [-0.15, -0.1) is 11.3 Å². The van der Waals surface area contributed by atoms with Crippen LogP contribution < -0.4 is 5.32 Å². The van der Waals surface area contributed by atoms with E-state index >= 15 is 0 Å². The Morgan fingerprint density at radius 3 is 2.86 bits per heavy atom. The Kier molecular flexibility index (Phi) is 5.10. The fraction of sp³-hybridized carbons (Fsp3) is 0.182. The number of thioether (sulfide) groups is 1. The zero-order valence-electron chi connectivity index (χ0n) is 10.7. The number of halogens is 1. The van der Waals surface area contributed by atoms with Crippen molar-refractivity contribution in [2.75, 3.05) is 6.26 Å². The Morgan fingerprint density at radius 1 is 1.48 bits per heavy atom. The number of hydrogen-bond acceptors (Lipinski definition) is 7. The summed E-state index contributed by atoms with van der Waals surface area (Å²) < 4.78 is 0. The summed E-state index contributed by atoms with van der Waals surface area (Å²) in [5.41, 5.74) is 0.0278. The van der Waals surface area contributed by atoms with Gasteiger partial charge in [0.1, 0.15) is 5.01 Å². The zero-order valence-corrected chi connectivity index (χ0v) is 13.1. The third-order valence-corrected chi connectivity index (χ3v) is 3.98. The first-order valence-electron chi connectivity index (χ1n) is 5.53. The second kappa shape index (κ2) is 6.83. The van der Waals surface area contributed by atoms with E-state index in [1.807, 2.05) is 0 Å². The Hall–Kier alpha value is -1.71. The molecule has 2 heterocycles. The monoisotopic (exact) mass is 344 g/mol. The van der Waals surface area contributed by atoms with Gasteiger partial charge in [0.25, 0.3) is 5.91 Å². The number of rotatable bonds is 5. The van der Waals surface area contributed by atoms with E-state index in [1.165, 1.54) is 23.3 Å². The largest absolute Gasteiger partial charge is 0.476 e. The molecule has 0 saturated carbocycles. The summed E-state index contributed by atoms with van der Waals surface area (Å²) >= 11 is 8.33. The minimum atomic E-state index is -1.10. The molecule has 2 aromatic rings. The Labute approximate surface area is 132 Å². The topological polar surface area (TPSA) is 105 Å². The van der Waals surface area contributed by atoms with Crippen LogP contribution in [0.5, 0.6) is 0 Å². The average molecular weight is 345 g/mol. The number of carboxylic acids is 1. The van der Waals surface area contributed by atoms with Gasteiger partial charge < -0.3 is 10.4 Å². The molecule has 0 radical (unpaired) electrons. The molecule has 0 atom stereocenters. The van der Waals surface area contributed by atoms with Crippen LogP contribution >= 0.6 is 34.7 Å². The maximum atomic E-state index is 12.0. The SMILES string of the molecule is CSc1ncc(Cl)c(C(=O)NCc2nc(C(=O)O)cs2)n1. The summed E-state index contributed by atoms with van der Waals surface area (Å²) in [5.74, 6) is -1.57. The van der Waals surface area contributed by atoms with E-state index in [4.69, 9.17) is 16.7 Å². The van der Waals surface area contributed by atoms with Crippen molar-refractivity contribution in [2.24, 2.45) is 0 Å². The van der Waals surface area contributed by atoms with Crippen molar-refractivity contribution in [3.8, 4) is 0 Å². The van der Waals surface area contributed by atoms with Gasteiger partial charge in [-0.25, -0.2) is 19.7 Å². The number of carbonyl (C=O) groups excluding carboxylic acids is 1. The Bertz CT molecular complexity index is 692. The van der Waals surface area contributed by atoms with Crippen molar-refractivity contribution in [1.29, 1.82) is 0 Å². The maximum absolute atomic E-state index is 12.0. The van der Waals surface area contributed by atoms with Crippen LogP contribution in [-0.2, 0) is 6.54 Å². The van der Waals surface area contributed by atoms with E-state index in [2.05, 4.69) is 20.3 Å². The number of nitrogens with one attached hydrogen (secondary N) is 1. The van der Waals surface area contributed by atoms with Gasteiger partial charge in [-0.05, 0) is 6.26 Å². The van der Waals surface area contributed by atoms with Crippen molar-refractivity contribution in [2.45, 2.75) is 11.7 Å². The molecule has 0 bridgehead atoms. The van der Waals surface area contributed by atoms with Crippen LogP contribution in [0.4, 0.5) is 0 Å². The fourth-order valence-electron chi connectivity index (χ4n) is 1.34. The lowest BCUT2D eigenvalue weighted by Crippen LogP contribution is -2.24. The summed E-state index contributed by atoms with van der Waals surface area (Å²) in [4.78, 5) is 34.6. The number of carboxylic acid groups (broad SMARTS) is 1. The third kappa shape index (κ3) is 3.90. The number of nitrogens with zero attached hydrogens (tertiary/aromatic N) is 3. The molecular weight excluding hydrogens is 336 g/mol. The molecule has 0 aromatic carbocycles. The summed E-state index contributed by atoms with van der Waals surface area (Å²) in [7, 11) is 0. The predicted molar refractivity (Wildman–Crippen MR) is 79.1 cm³/mol. The van der Waals surface area contributed by atoms with Gasteiger partial charge in [0.05, 0.1) is 17.8 Å². The van der Waals surface area contributed by atoms with Gasteiger partial charge in [-0.3, -0.25) is 4.79 Å². The van der Waals surface area contributed by atoms with Crippen LogP contribution in [0.25, 0.3) is 0 Å². The maximum Gasteiger partial charge on any atom is 0.355 e. The lowest BCUT2D eigenvalue weighted by Gasteiger charge is -2.05. The van der Waals surface area contributed by atoms with E-state index in [0.29, 0.717) is 10.2 Å². The minimum absolute atomic E-state index is 0.0472. The smallest absolute Gasteiger partial charge is 0.355 e. The van der Waals surface area contributed by atoms with E-state index < -0.39 is 11.9 Å². The molecule has 0 aliphatic rings. The first kappa shape index (κ1) is 15.7. The number of aromatic carboxylic acids is 1. The lowest BCUT2D eigenvalue weighted by molar-refractivity contribution is 0.0691. The first-order chi connectivity index (χ1) is 10.0. The molecule has 21 heavy (non-hydrogen) atoms. The highest BCUT2D eigenvalue weighted by Crippen LogP contribution is 2.17. The van der Waals surface area contributed by atoms with Gasteiger partial charge in [0, 0.05) is 5.38 Å². The summed E-state index contributed by atoms with van der Waals surface area (Å²) in [5, 5.41) is 13.8. The molecule has 0 aliphatic heterocycles. The molecule has 110 valence electrons. The molecule has 1 amide bonds. The van der Waals surface area contributed by atoms with Gasteiger partial charge in [0.2, 0.25) is 0 Å². The standard InChI is InChI=1S/C11H9ClN4O3S2/c1-20-11-14-2-5(12)8(16-11)9(17)13-3-7-15-6(4-21-7)10(18)19/h2,4H,3H2,1H3,(H,13,17)(H,18,19). The van der Waals surface area contributed by atoms with Crippen molar-refractivity contribution < 1.29 is 14.7 Å². The van der Waals surface area contributed by atoms with Crippen LogP contribution in [0.15, 0.2) is 16.7 Å². The summed E-state index contributed by atoms with van der Waals surface area (Å²) in [6, 6.07) is 0. The van der Waals surface area contributed by atoms with Crippen LogP contribution in [-0.4, -0.2) is 38.2 Å². The second-order valence-electron chi connectivity index (χ2n) is 3.67. The van der Waals surface area contributed by atoms with Crippen molar-refractivity contribution in [1.82, 2.24) is 20.3 Å². The molecule has 0 aliphatic carbocycles. The van der Waals surface area contributed by atoms with E-state index in [-0.39, 0.29) is 23.0 Å². The normalized spacial score (nSPS) is 10.4. The minimum Gasteiger partial charge on any atom is -0.476 e. The Morgan fingerprint density at radius 2 is 2.24 bits per heavy atom. The highest BCUT2D eigenvalue weighted by molar-refractivity contribution is 7.98. The molecule has 10 heteroatoms. The zero-order chi connectivity index (χ0) is 15.4. The van der Waals surface area contributed by atoms with Crippen molar-refractivity contribution in [3.05, 3.63) is 33.0 Å². The number of thiazole rings is 1. The van der Waals surface area contributed by atoms with Crippen LogP contribution in [0, 0.1) is 0 Å². The molecular formula is C11H9ClN4O3S2. The molecule has 0 spiro atoms. The van der Waals surface area contributed by atoms with Gasteiger partial charge in [0.15, 0.2) is 16.5 Å². The number of amides is 1. The molecule has 2 N–H and O–H groups in total. The summed E-state index contributed by atoms with van der Waals surface area (Å²) in [6.45, 7) is 0.103. The molecule has 2 rings (SSSR count). The van der Waals surface area contributed by atoms with Crippen LogP contribution in [0.3, 0.4) is 0 Å². The number of hydrogen-bond donors (Lipinski definition) is 2. The van der Waals surface area contributed by atoms with Crippen molar-refractivity contribution in [3.63, 3.8) is 0 Å². The van der Waals surface area contributed by atoms with E-state index in [9.17, 15) is 9.59 Å². The molecule has 0 fully saturated rings. The highest BCUT2D eigenvalue weighted by atomic mass is 35.5. The summed E-state index contributed by atoms with van der Waals surface area (Å²) in [6.07, 6.45) is 3.15. The first-order valence-corrected chi connectivity index (χ1v) is 8.02. The van der Waals surface area contributed by atoms with Crippen LogP contribution in [0.1, 0.15) is 26.0 Å². The van der Waals surface area contributed by atoms with Gasteiger partial charge in [-0.1, -0.05) is 23.4 Å².